The minimum Gasteiger partial charge on any atom is -0.479 e. The molecule has 0 saturated carbocycles. The predicted molar refractivity (Wildman–Crippen MR) is 81.6 cm³/mol. The molecule has 1 aromatic carbocycles. The van der Waals surface area contributed by atoms with Crippen molar-refractivity contribution in [3.05, 3.63) is 29.8 Å². The number of sulfonamides is 1. The molecule has 0 bridgehead atoms. The van der Waals surface area contributed by atoms with E-state index >= 15 is 0 Å². The van der Waals surface area contributed by atoms with Crippen LogP contribution in [0.15, 0.2) is 29.2 Å². The maximum atomic E-state index is 12.7. The molecule has 3 atom stereocenters. The fourth-order valence-electron chi connectivity index (χ4n) is 3.23. The van der Waals surface area contributed by atoms with Crippen LogP contribution >= 0.6 is 0 Å². The number of amides is 1. The van der Waals surface area contributed by atoms with Crippen molar-refractivity contribution >= 4 is 27.7 Å². The Morgan fingerprint density at radius 1 is 1.25 bits per heavy atom. The van der Waals surface area contributed by atoms with Gasteiger partial charge < -0.3 is 10.0 Å². The molecule has 2 aliphatic heterocycles. The van der Waals surface area contributed by atoms with Gasteiger partial charge in [0.2, 0.25) is 15.9 Å². The van der Waals surface area contributed by atoms with E-state index in [0.29, 0.717) is 0 Å². The Morgan fingerprint density at radius 3 is 2.38 bits per heavy atom. The number of carbonyl (C=O) groups is 3. The quantitative estimate of drug-likeness (QED) is 0.584. The molecule has 9 heteroatoms. The largest absolute Gasteiger partial charge is 0.479 e. The number of likely N-dealkylation sites (N-methyl/N-ethyl adjacent to an activating group) is 1. The lowest BCUT2D eigenvalue weighted by Gasteiger charge is -2.46. The average Bonchev–Trinajstić information content (AvgIpc) is 2.81. The van der Waals surface area contributed by atoms with Crippen molar-refractivity contribution in [2.24, 2.45) is 0 Å². The molecule has 1 aromatic rings. The van der Waals surface area contributed by atoms with Crippen LogP contribution in [-0.4, -0.2) is 65.6 Å². The highest BCUT2D eigenvalue weighted by atomic mass is 32.2. The van der Waals surface area contributed by atoms with E-state index in [-0.39, 0.29) is 11.3 Å². The van der Waals surface area contributed by atoms with Crippen LogP contribution in [0.3, 0.4) is 0 Å². The summed E-state index contributed by atoms with van der Waals surface area (Å²) in [5.74, 6) is -2.63. The molecule has 24 heavy (non-hydrogen) atoms. The zero-order valence-corrected chi connectivity index (χ0v) is 13.9. The van der Waals surface area contributed by atoms with E-state index in [0.717, 1.165) is 14.8 Å². The fourth-order valence-corrected chi connectivity index (χ4v) is 4.58. The van der Waals surface area contributed by atoms with Crippen LogP contribution in [0.1, 0.15) is 12.0 Å². The van der Waals surface area contributed by atoms with Gasteiger partial charge in [-0.2, -0.15) is 4.31 Å². The minimum absolute atomic E-state index is 0.0426. The van der Waals surface area contributed by atoms with Gasteiger partial charge in [0.1, 0.15) is 6.04 Å². The molecular formula is C15H16N2O6S. The molecule has 2 aliphatic rings. The van der Waals surface area contributed by atoms with Gasteiger partial charge in [0.05, 0.1) is 10.9 Å². The zero-order valence-electron chi connectivity index (χ0n) is 13.0. The Bertz CT molecular complexity index is 832. The van der Waals surface area contributed by atoms with Gasteiger partial charge in [-0.25, -0.2) is 13.2 Å². The number of ketones is 1. The number of carboxylic acids is 1. The first-order valence-electron chi connectivity index (χ1n) is 7.28. The maximum absolute atomic E-state index is 12.7. The molecule has 2 fully saturated rings. The molecule has 2 heterocycles. The van der Waals surface area contributed by atoms with Crippen LogP contribution in [0.25, 0.3) is 0 Å². The minimum atomic E-state index is -3.92. The summed E-state index contributed by atoms with van der Waals surface area (Å²) in [6.07, 6.45) is -0.152. The third-order valence-electron chi connectivity index (χ3n) is 4.55. The summed E-state index contributed by atoms with van der Waals surface area (Å²) in [6, 6.07) is 2.91. The standard InChI is InChI=1S/C15H16N2O6S/c1-8-3-5-9(6-4-8)24(22,23)16(2)12-10-7-11(18)13(15(20)21)17(10)14(12)19/h3-6,10,12-13H,7H2,1-2H3,(H,20,21). The van der Waals surface area contributed by atoms with Gasteiger partial charge in [-0.3, -0.25) is 9.59 Å². The van der Waals surface area contributed by atoms with Crippen molar-refractivity contribution in [1.29, 1.82) is 0 Å². The number of nitrogens with zero attached hydrogens (tertiary/aromatic N) is 2. The van der Waals surface area contributed by atoms with E-state index in [1.54, 1.807) is 12.1 Å². The molecule has 3 rings (SSSR count). The number of hydrogen-bond donors (Lipinski definition) is 1. The average molecular weight is 352 g/mol. The number of Topliss-reactive ketones (excluding diaryl/α,β-unsaturated/α-hetero) is 1. The van der Waals surface area contributed by atoms with Crippen LogP contribution in [0.5, 0.6) is 0 Å². The molecular weight excluding hydrogens is 336 g/mol. The van der Waals surface area contributed by atoms with Crippen molar-refractivity contribution in [3.63, 3.8) is 0 Å². The number of carboxylic acid groups (broad SMARTS) is 1. The first-order valence-corrected chi connectivity index (χ1v) is 8.72. The lowest BCUT2D eigenvalue weighted by Crippen LogP contribution is -2.70. The molecule has 0 aromatic heterocycles. The van der Waals surface area contributed by atoms with Crippen molar-refractivity contribution < 1.29 is 27.9 Å². The highest BCUT2D eigenvalue weighted by Crippen LogP contribution is 2.37. The lowest BCUT2D eigenvalue weighted by atomic mass is 9.96. The van der Waals surface area contributed by atoms with Crippen molar-refractivity contribution in [2.75, 3.05) is 7.05 Å². The van der Waals surface area contributed by atoms with Crippen molar-refractivity contribution in [2.45, 2.75) is 36.4 Å². The molecule has 8 nitrogen and oxygen atoms in total. The number of fused-ring (bicyclic) bond motifs is 1. The van der Waals surface area contributed by atoms with E-state index in [1.165, 1.54) is 19.2 Å². The van der Waals surface area contributed by atoms with Crippen LogP contribution in [-0.2, 0) is 24.4 Å². The second kappa shape index (κ2) is 5.38. The summed E-state index contributed by atoms with van der Waals surface area (Å²) in [5, 5.41) is 9.07. The maximum Gasteiger partial charge on any atom is 0.334 e. The third kappa shape index (κ3) is 2.23. The molecule has 0 radical (unpaired) electrons. The van der Waals surface area contributed by atoms with Gasteiger partial charge in [0, 0.05) is 13.5 Å². The van der Waals surface area contributed by atoms with Gasteiger partial charge in [-0.1, -0.05) is 17.7 Å². The summed E-state index contributed by atoms with van der Waals surface area (Å²) in [4.78, 5) is 36.2. The smallest absolute Gasteiger partial charge is 0.334 e. The highest BCUT2D eigenvalue weighted by Gasteiger charge is 2.62. The SMILES string of the molecule is Cc1ccc(S(=O)(=O)N(C)C2C(=O)N3C(C(=O)O)C(=O)CC23)cc1. The van der Waals surface area contributed by atoms with Gasteiger partial charge in [0.25, 0.3) is 0 Å². The Balaban J connectivity index is 1.88. The Kier molecular flexibility index (Phi) is 3.72. The predicted octanol–water partition coefficient (Wildman–Crippen LogP) is -0.379. The first-order chi connectivity index (χ1) is 11.2. The summed E-state index contributed by atoms with van der Waals surface area (Å²) < 4.78 is 26.3. The molecule has 0 spiro atoms. The Labute approximate surface area is 138 Å². The molecule has 3 unspecified atom stereocenters. The van der Waals surface area contributed by atoms with Crippen LogP contribution < -0.4 is 0 Å². The van der Waals surface area contributed by atoms with Crippen LogP contribution in [0.4, 0.5) is 0 Å². The second-order valence-electron chi connectivity index (χ2n) is 6.00. The zero-order chi connectivity index (χ0) is 17.8. The van der Waals surface area contributed by atoms with Crippen LogP contribution in [0.2, 0.25) is 0 Å². The fraction of sp³-hybridized carbons (Fsp3) is 0.400. The van der Waals surface area contributed by atoms with Gasteiger partial charge in [-0.05, 0) is 19.1 Å². The number of aliphatic carboxylic acids is 1. The molecule has 0 aliphatic carbocycles. The summed E-state index contributed by atoms with van der Waals surface area (Å²) in [6.45, 7) is 1.82. The summed E-state index contributed by atoms with van der Waals surface area (Å²) in [7, 11) is -2.64. The van der Waals surface area contributed by atoms with E-state index in [1.807, 2.05) is 6.92 Å². The topological polar surface area (TPSA) is 112 Å². The molecule has 2 saturated heterocycles. The molecule has 1 N–H and O–H groups in total. The van der Waals surface area contributed by atoms with E-state index in [2.05, 4.69) is 0 Å². The van der Waals surface area contributed by atoms with E-state index in [9.17, 15) is 22.8 Å². The van der Waals surface area contributed by atoms with Gasteiger partial charge in [-0.15, -0.1) is 0 Å². The normalized spacial score (nSPS) is 26.5. The highest BCUT2D eigenvalue weighted by molar-refractivity contribution is 7.89. The number of hydrogen-bond acceptors (Lipinski definition) is 5. The number of β-lactam (4-membered cyclic amide) rings is 1. The van der Waals surface area contributed by atoms with Crippen molar-refractivity contribution in [1.82, 2.24) is 9.21 Å². The van der Waals surface area contributed by atoms with Crippen LogP contribution in [0, 0.1) is 6.92 Å². The number of rotatable bonds is 4. The lowest BCUT2D eigenvalue weighted by molar-refractivity contribution is -0.163. The van der Waals surface area contributed by atoms with Gasteiger partial charge >= 0.3 is 5.97 Å². The number of aryl methyl sites for hydroxylation is 1. The summed E-state index contributed by atoms with van der Waals surface area (Å²) in [5.41, 5.74) is 0.896. The molecule has 128 valence electrons. The van der Waals surface area contributed by atoms with Crippen molar-refractivity contribution in [3.8, 4) is 0 Å². The Hall–Kier alpha value is -2.26. The van der Waals surface area contributed by atoms with E-state index < -0.39 is 45.8 Å². The molecule has 1 amide bonds. The van der Waals surface area contributed by atoms with E-state index in [4.69, 9.17) is 5.11 Å². The Morgan fingerprint density at radius 2 is 1.83 bits per heavy atom. The summed E-state index contributed by atoms with van der Waals surface area (Å²) >= 11 is 0. The number of benzene rings is 1. The third-order valence-corrected chi connectivity index (χ3v) is 6.40. The number of carbonyl (C=O) groups excluding carboxylic acids is 2. The second-order valence-corrected chi connectivity index (χ2v) is 8.00. The monoisotopic (exact) mass is 352 g/mol. The van der Waals surface area contributed by atoms with Gasteiger partial charge in [0.15, 0.2) is 11.8 Å². The first kappa shape index (κ1) is 16.6.